The zero-order valence-corrected chi connectivity index (χ0v) is 12.3. The fourth-order valence-electron chi connectivity index (χ4n) is 1.62. The Morgan fingerprint density at radius 1 is 1.50 bits per heavy atom. The first-order valence-corrected chi connectivity index (χ1v) is 5.59. The molecule has 4 N–H and O–H groups in total. The third kappa shape index (κ3) is 7.53. The molecule has 0 saturated carbocycles. The van der Waals surface area contributed by atoms with Crippen LogP contribution in [0.15, 0.2) is 12.3 Å². The average Bonchev–Trinajstić information content (AvgIpc) is 2.68. The first-order chi connectivity index (χ1) is 7.61. The van der Waals surface area contributed by atoms with Gasteiger partial charge in [-0.15, -0.1) is 24.8 Å². The van der Waals surface area contributed by atoms with Gasteiger partial charge in [0.1, 0.15) is 0 Å². The van der Waals surface area contributed by atoms with Crippen molar-refractivity contribution in [2.75, 3.05) is 6.54 Å². The van der Waals surface area contributed by atoms with Crippen molar-refractivity contribution in [1.29, 1.82) is 0 Å². The van der Waals surface area contributed by atoms with E-state index in [-0.39, 0.29) is 36.8 Å². The zero-order valence-electron chi connectivity index (χ0n) is 10.7. The molecule has 7 heteroatoms. The van der Waals surface area contributed by atoms with Crippen molar-refractivity contribution in [3.8, 4) is 0 Å². The van der Waals surface area contributed by atoms with E-state index in [9.17, 15) is 4.79 Å². The predicted octanol–water partition coefficient (Wildman–Crippen LogP) is 1.29. The van der Waals surface area contributed by atoms with Crippen LogP contribution in [0, 0.1) is 5.92 Å². The highest BCUT2D eigenvalue weighted by Gasteiger charge is 2.12. The minimum atomic E-state index is -0.0136. The number of carbonyl (C=O) groups excluding carboxylic acids is 1. The molecule has 0 radical (unpaired) electrons. The highest BCUT2D eigenvalue weighted by Crippen LogP contribution is 2.04. The summed E-state index contributed by atoms with van der Waals surface area (Å²) in [6.07, 6.45) is 2.87. The van der Waals surface area contributed by atoms with Gasteiger partial charge in [0.15, 0.2) is 0 Å². The Bertz CT molecular complexity index is 317. The van der Waals surface area contributed by atoms with E-state index < -0.39 is 0 Å². The highest BCUT2D eigenvalue weighted by atomic mass is 35.5. The molecule has 18 heavy (non-hydrogen) atoms. The molecule has 1 amide bonds. The fraction of sp³-hybridized carbons (Fsp3) is 0.636. The minimum Gasteiger partial charge on any atom is -0.352 e. The lowest BCUT2D eigenvalue weighted by Crippen LogP contribution is -2.41. The van der Waals surface area contributed by atoms with E-state index in [1.165, 1.54) is 0 Å². The maximum atomic E-state index is 11.6. The lowest BCUT2D eigenvalue weighted by atomic mass is 10.0. The van der Waals surface area contributed by atoms with Crippen molar-refractivity contribution in [2.24, 2.45) is 11.7 Å². The summed E-state index contributed by atoms with van der Waals surface area (Å²) in [6, 6.07) is 1.86. The molecule has 0 fully saturated rings. The molecule has 1 aromatic heterocycles. The lowest BCUT2D eigenvalue weighted by molar-refractivity contribution is -0.121. The van der Waals surface area contributed by atoms with Gasteiger partial charge in [0.05, 0.1) is 6.42 Å². The molecule has 1 rings (SSSR count). The molecule has 0 spiro atoms. The van der Waals surface area contributed by atoms with Gasteiger partial charge in [-0.2, -0.15) is 5.10 Å². The fourth-order valence-corrected chi connectivity index (χ4v) is 1.62. The standard InChI is InChI=1S/C11H20N4O.2ClH/c1-8(2)5-10(7-12)14-11(16)6-9-3-4-13-15-9;;/h3-4,8,10H,5-7,12H2,1-2H3,(H,13,15)(H,14,16);2*1H. The Kier molecular flexibility index (Phi) is 11.1. The largest absolute Gasteiger partial charge is 0.352 e. The summed E-state index contributed by atoms with van der Waals surface area (Å²) in [7, 11) is 0. The van der Waals surface area contributed by atoms with Crippen LogP contribution >= 0.6 is 24.8 Å². The van der Waals surface area contributed by atoms with Crippen molar-refractivity contribution in [1.82, 2.24) is 15.5 Å². The van der Waals surface area contributed by atoms with Crippen LogP contribution in [-0.2, 0) is 11.2 Å². The zero-order chi connectivity index (χ0) is 12.0. The van der Waals surface area contributed by atoms with Gasteiger partial charge >= 0.3 is 0 Å². The van der Waals surface area contributed by atoms with Crippen LogP contribution in [0.2, 0.25) is 0 Å². The number of amides is 1. The summed E-state index contributed by atoms with van der Waals surface area (Å²) >= 11 is 0. The van der Waals surface area contributed by atoms with E-state index in [2.05, 4.69) is 29.4 Å². The number of carbonyl (C=O) groups is 1. The monoisotopic (exact) mass is 296 g/mol. The van der Waals surface area contributed by atoms with Crippen LogP contribution in [0.5, 0.6) is 0 Å². The summed E-state index contributed by atoms with van der Waals surface area (Å²) in [5.41, 5.74) is 6.43. The van der Waals surface area contributed by atoms with E-state index in [4.69, 9.17) is 5.73 Å². The van der Waals surface area contributed by atoms with Crippen LogP contribution in [0.3, 0.4) is 0 Å². The van der Waals surface area contributed by atoms with E-state index >= 15 is 0 Å². The molecule has 0 bridgehead atoms. The van der Waals surface area contributed by atoms with Crippen molar-refractivity contribution < 1.29 is 4.79 Å². The average molecular weight is 297 g/mol. The maximum absolute atomic E-state index is 11.6. The summed E-state index contributed by atoms with van der Waals surface area (Å²) < 4.78 is 0. The Morgan fingerprint density at radius 2 is 2.17 bits per heavy atom. The first kappa shape index (κ1) is 19.6. The SMILES string of the molecule is CC(C)CC(CN)NC(=O)Cc1ccn[nH]1.Cl.Cl. The molecule has 0 aromatic carbocycles. The quantitative estimate of drug-likeness (QED) is 0.739. The predicted molar refractivity (Wildman–Crippen MR) is 77.2 cm³/mol. The van der Waals surface area contributed by atoms with Crippen LogP contribution in [-0.4, -0.2) is 28.7 Å². The number of halogens is 2. The van der Waals surface area contributed by atoms with Gasteiger partial charge in [-0.05, 0) is 18.4 Å². The molecule has 5 nitrogen and oxygen atoms in total. The number of nitrogens with two attached hydrogens (primary N) is 1. The van der Waals surface area contributed by atoms with E-state index in [1.807, 2.05) is 0 Å². The third-order valence-electron chi connectivity index (χ3n) is 2.31. The smallest absolute Gasteiger partial charge is 0.226 e. The first-order valence-electron chi connectivity index (χ1n) is 5.59. The second kappa shape index (κ2) is 10.2. The molecule has 1 unspecified atom stereocenters. The van der Waals surface area contributed by atoms with Gasteiger partial charge in [-0.25, -0.2) is 0 Å². The Balaban J connectivity index is 0. The normalized spacial score (nSPS) is 11.3. The molecule has 0 aliphatic heterocycles. The van der Waals surface area contributed by atoms with E-state index in [1.54, 1.807) is 12.3 Å². The van der Waals surface area contributed by atoms with Crippen molar-refractivity contribution in [3.05, 3.63) is 18.0 Å². The van der Waals surface area contributed by atoms with Gasteiger partial charge in [0, 0.05) is 24.5 Å². The number of H-pyrrole nitrogens is 1. The van der Waals surface area contributed by atoms with Gasteiger partial charge in [0.25, 0.3) is 0 Å². The number of rotatable bonds is 6. The van der Waals surface area contributed by atoms with Gasteiger partial charge in [0.2, 0.25) is 5.91 Å². The molecule has 0 aliphatic carbocycles. The number of aromatic nitrogens is 2. The summed E-state index contributed by atoms with van der Waals surface area (Å²) in [4.78, 5) is 11.6. The second-order valence-corrected chi connectivity index (χ2v) is 4.39. The summed E-state index contributed by atoms with van der Waals surface area (Å²) in [5, 5.41) is 9.48. The van der Waals surface area contributed by atoms with Crippen LogP contribution in [0.4, 0.5) is 0 Å². The molecular formula is C11H22Cl2N4O. The number of hydrogen-bond donors (Lipinski definition) is 3. The Labute approximate surface area is 120 Å². The molecule has 0 aliphatic rings. The van der Waals surface area contributed by atoms with Crippen molar-refractivity contribution >= 4 is 30.7 Å². The molecule has 1 aromatic rings. The molecule has 106 valence electrons. The van der Waals surface area contributed by atoms with Crippen molar-refractivity contribution in [2.45, 2.75) is 32.7 Å². The Hall–Kier alpha value is -0.780. The van der Waals surface area contributed by atoms with Crippen LogP contribution in [0.25, 0.3) is 0 Å². The summed E-state index contributed by atoms with van der Waals surface area (Å²) in [6.45, 7) is 4.71. The van der Waals surface area contributed by atoms with E-state index in [0.717, 1.165) is 12.1 Å². The number of hydrogen-bond acceptors (Lipinski definition) is 3. The van der Waals surface area contributed by atoms with Gasteiger partial charge < -0.3 is 11.1 Å². The molecule has 0 saturated heterocycles. The van der Waals surface area contributed by atoms with Crippen LogP contribution < -0.4 is 11.1 Å². The third-order valence-corrected chi connectivity index (χ3v) is 2.31. The molecule has 1 atom stereocenters. The van der Waals surface area contributed by atoms with Gasteiger partial charge in [-0.3, -0.25) is 9.89 Å². The molecular weight excluding hydrogens is 275 g/mol. The maximum Gasteiger partial charge on any atom is 0.226 e. The Morgan fingerprint density at radius 3 is 2.61 bits per heavy atom. The second-order valence-electron chi connectivity index (χ2n) is 4.39. The van der Waals surface area contributed by atoms with Gasteiger partial charge in [-0.1, -0.05) is 13.8 Å². The minimum absolute atomic E-state index is 0. The number of aromatic amines is 1. The van der Waals surface area contributed by atoms with E-state index in [0.29, 0.717) is 18.9 Å². The highest BCUT2D eigenvalue weighted by molar-refractivity contribution is 5.85. The number of nitrogens with one attached hydrogen (secondary N) is 2. The topological polar surface area (TPSA) is 83.8 Å². The summed E-state index contributed by atoms with van der Waals surface area (Å²) in [5.74, 6) is 0.515. The van der Waals surface area contributed by atoms with Crippen molar-refractivity contribution in [3.63, 3.8) is 0 Å². The number of nitrogens with zero attached hydrogens (tertiary/aromatic N) is 1. The molecule has 1 heterocycles. The lowest BCUT2D eigenvalue weighted by Gasteiger charge is -2.18. The van der Waals surface area contributed by atoms with Crippen LogP contribution in [0.1, 0.15) is 26.0 Å².